The average Bonchev–Trinajstić information content (AvgIpc) is 2.88. The summed E-state index contributed by atoms with van der Waals surface area (Å²) in [6, 6.07) is 2.06. The van der Waals surface area contributed by atoms with Crippen molar-refractivity contribution in [1.29, 1.82) is 0 Å². The van der Waals surface area contributed by atoms with Crippen molar-refractivity contribution in [3.8, 4) is 0 Å². The molecule has 110 valence electrons. The Balaban J connectivity index is 2.02. The molecule has 0 saturated carbocycles. The molecule has 0 saturated heterocycles. The fourth-order valence-corrected chi connectivity index (χ4v) is 2.98. The number of fused-ring (bicyclic) bond motifs is 1. The molecule has 0 radical (unpaired) electrons. The summed E-state index contributed by atoms with van der Waals surface area (Å²) in [6.07, 6.45) is 2.40. The number of aromatic nitrogens is 2. The predicted molar refractivity (Wildman–Crippen MR) is 85.3 cm³/mol. The highest BCUT2D eigenvalue weighted by atomic mass is 32.1. The minimum Gasteiger partial charge on any atom is -0.373 e. The molecule has 0 fully saturated rings. The molecule has 0 aliphatic heterocycles. The van der Waals surface area contributed by atoms with E-state index < -0.39 is 0 Å². The topological polar surface area (TPSA) is 47.0 Å². The lowest BCUT2D eigenvalue weighted by molar-refractivity contribution is 0.0851. The van der Waals surface area contributed by atoms with Crippen LogP contribution in [0, 0.1) is 5.92 Å². The molecule has 1 atom stereocenters. The Labute approximate surface area is 124 Å². The molecule has 0 spiro atoms. The zero-order valence-corrected chi connectivity index (χ0v) is 13.3. The maximum Gasteiger partial charge on any atom is 0.158 e. The molecule has 2 aromatic heterocycles. The summed E-state index contributed by atoms with van der Waals surface area (Å²) in [5.41, 5.74) is 0. The Morgan fingerprint density at radius 1 is 1.35 bits per heavy atom. The summed E-state index contributed by atoms with van der Waals surface area (Å²) in [4.78, 5) is 10.2. The molecule has 2 aromatic rings. The molecule has 0 amide bonds. The first kappa shape index (κ1) is 15.2. The van der Waals surface area contributed by atoms with E-state index in [4.69, 9.17) is 4.74 Å². The molecule has 0 aliphatic rings. The summed E-state index contributed by atoms with van der Waals surface area (Å²) in [5, 5.41) is 6.44. The van der Waals surface area contributed by atoms with E-state index in [1.165, 1.54) is 12.8 Å². The first-order chi connectivity index (χ1) is 9.74. The van der Waals surface area contributed by atoms with E-state index in [0.29, 0.717) is 12.5 Å². The fourth-order valence-electron chi connectivity index (χ4n) is 2.19. The number of rotatable bonds is 8. The van der Waals surface area contributed by atoms with Crippen LogP contribution in [0.4, 0.5) is 5.82 Å². The normalized spacial score (nSPS) is 12.8. The van der Waals surface area contributed by atoms with E-state index in [0.717, 1.165) is 35.0 Å². The molecule has 5 heteroatoms. The molecule has 1 unspecified atom stereocenters. The molecular weight excluding hydrogens is 270 g/mol. The van der Waals surface area contributed by atoms with Gasteiger partial charge in [0, 0.05) is 13.2 Å². The maximum atomic E-state index is 5.74. The second-order valence-corrected chi connectivity index (χ2v) is 5.96. The molecule has 0 bridgehead atoms. The molecule has 1 N–H and O–H groups in total. The third-order valence-electron chi connectivity index (χ3n) is 3.13. The van der Waals surface area contributed by atoms with Crippen LogP contribution in [0.2, 0.25) is 0 Å². The van der Waals surface area contributed by atoms with Crippen LogP contribution in [0.1, 0.15) is 39.4 Å². The van der Waals surface area contributed by atoms with Crippen molar-refractivity contribution < 1.29 is 4.74 Å². The second kappa shape index (κ2) is 7.55. The van der Waals surface area contributed by atoms with Gasteiger partial charge in [0.15, 0.2) is 5.82 Å². The van der Waals surface area contributed by atoms with Crippen LogP contribution in [0.3, 0.4) is 0 Å². The molecule has 2 rings (SSSR count). The van der Waals surface area contributed by atoms with Gasteiger partial charge in [-0.25, -0.2) is 9.97 Å². The minimum atomic E-state index is 0.486. The lowest BCUT2D eigenvalue weighted by Crippen LogP contribution is -2.09. The average molecular weight is 293 g/mol. The van der Waals surface area contributed by atoms with Crippen molar-refractivity contribution in [2.45, 2.75) is 40.2 Å². The van der Waals surface area contributed by atoms with Crippen LogP contribution in [0.5, 0.6) is 0 Å². The van der Waals surface area contributed by atoms with E-state index in [1.54, 1.807) is 11.3 Å². The Bertz CT molecular complexity index is 541. The number of nitrogens with one attached hydrogen (secondary N) is 1. The summed E-state index contributed by atoms with van der Waals surface area (Å²) < 4.78 is 5.74. The first-order valence-electron chi connectivity index (χ1n) is 7.30. The smallest absolute Gasteiger partial charge is 0.158 e. The quantitative estimate of drug-likeness (QED) is 0.797. The highest BCUT2D eigenvalue weighted by Crippen LogP contribution is 2.25. The fraction of sp³-hybridized carbons (Fsp3) is 0.600. The maximum absolute atomic E-state index is 5.74. The molecule has 0 aromatic carbocycles. The van der Waals surface area contributed by atoms with Crippen LogP contribution in [0.25, 0.3) is 10.2 Å². The van der Waals surface area contributed by atoms with E-state index in [1.807, 2.05) is 5.38 Å². The van der Waals surface area contributed by atoms with E-state index in [-0.39, 0.29) is 0 Å². The zero-order valence-electron chi connectivity index (χ0n) is 12.5. The minimum absolute atomic E-state index is 0.486. The number of nitrogens with zero attached hydrogens (tertiary/aromatic N) is 2. The van der Waals surface area contributed by atoms with Crippen LogP contribution in [0.15, 0.2) is 11.4 Å². The van der Waals surface area contributed by atoms with Crippen LogP contribution in [-0.4, -0.2) is 23.1 Å². The van der Waals surface area contributed by atoms with Gasteiger partial charge in [0.1, 0.15) is 17.3 Å². The summed E-state index contributed by atoms with van der Waals surface area (Å²) >= 11 is 1.64. The van der Waals surface area contributed by atoms with Crippen LogP contribution >= 0.6 is 11.3 Å². The van der Waals surface area contributed by atoms with Gasteiger partial charge in [-0.15, -0.1) is 11.3 Å². The van der Waals surface area contributed by atoms with Gasteiger partial charge in [0.25, 0.3) is 0 Å². The Kier molecular flexibility index (Phi) is 5.73. The Hall–Kier alpha value is -1.20. The summed E-state index contributed by atoms with van der Waals surface area (Å²) in [6.45, 7) is 8.61. The van der Waals surface area contributed by atoms with Gasteiger partial charge >= 0.3 is 0 Å². The highest BCUT2D eigenvalue weighted by molar-refractivity contribution is 7.16. The first-order valence-corrected chi connectivity index (χ1v) is 8.18. The van der Waals surface area contributed by atoms with Crippen molar-refractivity contribution in [3.63, 3.8) is 0 Å². The number of ether oxygens (including phenoxy) is 1. The van der Waals surface area contributed by atoms with Crippen molar-refractivity contribution in [2.24, 2.45) is 5.92 Å². The number of thiophene rings is 1. The summed E-state index contributed by atoms with van der Waals surface area (Å²) in [7, 11) is 0. The molecule has 20 heavy (non-hydrogen) atoms. The van der Waals surface area contributed by atoms with Crippen molar-refractivity contribution >= 4 is 27.4 Å². The second-order valence-electron chi connectivity index (χ2n) is 5.07. The summed E-state index contributed by atoms with van der Waals surface area (Å²) in [5.74, 6) is 2.28. The van der Waals surface area contributed by atoms with Crippen LogP contribution in [-0.2, 0) is 11.3 Å². The standard InChI is InChI=1S/C15H23N3OS/c1-4-6-11(3)9-19-10-13-17-14(16-5-2)12-7-8-20-15(12)18-13/h7-8,11H,4-6,9-10H2,1-3H3,(H,16,17,18). The van der Waals surface area contributed by atoms with Gasteiger partial charge in [0.05, 0.1) is 5.39 Å². The molecule has 4 nitrogen and oxygen atoms in total. The van der Waals surface area contributed by atoms with Crippen molar-refractivity contribution in [2.75, 3.05) is 18.5 Å². The highest BCUT2D eigenvalue weighted by Gasteiger charge is 2.09. The van der Waals surface area contributed by atoms with Gasteiger partial charge in [-0.1, -0.05) is 20.3 Å². The Morgan fingerprint density at radius 3 is 2.95 bits per heavy atom. The predicted octanol–water partition coefficient (Wildman–Crippen LogP) is 4.08. The molecule has 2 heterocycles. The van der Waals surface area contributed by atoms with Gasteiger partial charge in [-0.2, -0.15) is 0 Å². The number of hydrogen-bond donors (Lipinski definition) is 1. The van der Waals surface area contributed by atoms with Crippen LogP contribution < -0.4 is 5.32 Å². The van der Waals surface area contributed by atoms with E-state index in [9.17, 15) is 0 Å². The van der Waals surface area contributed by atoms with Gasteiger partial charge < -0.3 is 10.1 Å². The van der Waals surface area contributed by atoms with Gasteiger partial charge in [0.2, 0.25) is 0 Å². The SMILES string of the molecule is CCCC(C)COCc1nc(NCC)c2ccsc2n1. The van der Waals surface area contributed by atoms with Crippen molar-refractivity contribution in [3.05, 3.63) is 17.3 Å². The number of hydrogen-bond acceptors (Lipinski definition) is 5. The Morgan fingerprint density at radius 2 is 2.20 bits per heavy atom. The third kappa shape index (κ3) is 3.90. The van der Waals surface area contributed by atoms with E-state index >= 15 is 0 Å². The lowest BCUT2D eigenvalue weighted by atomic mass is 10.1. The van der Waals surface area contributed by atoms with E-state index in [2.05, 4.69) is 42.1 Å². The monoisotopic (exact) mass is 293 g/mol. The zero-order chi connectivity index (χ0) is 14.4. The largest absolute Gasteiger partial charge is 0.373 e. The van der Waals surface area contributed by atoms with Gasteiger partial charge in [-0.3, -0.25) is 0 Å². The molecular formula is C15H23N3OS. The number of anilines is 1. The third-order valence-corrected chi connectivity index (χ3v) is 3.94. The molecule has 0 aliphatic carbocycles. The van der Waals surface area contributed by atoms with Gasteiger partial charge in [-0.05, 0) is 30.7 Å². The lowest BCUT2D eigenvalue weighted by Gasteiger charge is -2.11. The van der Waals surface area contributed by atoms with Crippen molar-refractivity contribution in [1.82, 2.24) is 9.97 Å².